The van der Waals surface area contributed by atoms with Crippen LogP contribution in [0.15, 0.2) is 55.0 Å². The molecule has 0 aliphatic carbocycles. The van der Waals surface area contributed by atoms with Gasteiger partial charge in [-0.05, 0) is 44.0 Å². The molecule has 2 aliphatic heterocycles. The summed E-state index contributed by atoms with van der Waals surface area (Å²) in [6.45, 7) is 4.23. The van der Waals surface area contributed by atoms with Gasteiger partial charge in [-0.15, -0.1) is 0 Å². The summed E-state index contributed by atoms with van der Waals surface area (Å²) in [4.78, 5) is 41.5. The standard InChI is InChI=1S/C29H31N7O4/c1-29(16-40-17-29)28(38)35-12-3-4-20(15-35)26-34-23(24-25(30)31-11-13-36(24)26)18-5-7-19(8-6-18)27(37)33-22-10-9-21(39-2)14-32-22/h5-11,13-14,20H,3-4,12,15-17H2,1-2H3,(H2,30,31)(H,32,33,37)/t20-/m1/s1. The largest absolute Gasteiger partial charge is 0.495 e. The number of nitrogens with one attached hydrogen (secondary N) is 1. The van der Waals surface area contributed by atoms with Gasteiger partial charge in [0.15, 0.2) is 0 Å². The van der Waals surface area contributed by atoms with Crippen molar-refractivity contribution in [1.29, 1.82) is 0 Å². The second kappa shape index (κ2) is 10.2. The van der Waals surface area contributed by atoms with Crippen LogP contribution >= 0.6 is 0 Å². The third-order valence-corrected chi connectivity index (χ3v) is 7.68. The lowest BCUT2D eigenvalue weighted by atomic mass is 9.85. The molecule has 3 aromatic heterocycles. The smallest absolute Gasteiger partial charge is 0.256 e. The number of carbonyl (C=O) groups excluding carboxylic acids is 2. The molecule has 3 N–H and O–H groups in total. The predicted octanol–water partition coefficient (Wildman–Crippen LogP) is 3.38. The first-order valence-corrected chi connectivity index (χ1v) is 13.3. The van der Waals surface area contributed by atoms with Crippen molar-refractivity contribution in [3.8, 4) is 17.0 Å². The van der Waals surface area contributed by atoms with Crippen LogP contribution in [0, 0.1) is 5.41 Å². The first kappa shape index (κ1) is 25.8. The molecule has 2 amide bonds. The Hall–Kier alpha value is -4.51. The Labute approximate surface area is 231 Å². The summed E-state index contributed by atoms with van der Waals surface area (Å²) in [6, 6.07) is 10.6. The van der Waals surface area contributed by atoms with E-state index in [2.05, 4.69) is 15.3 Å². The number of hydrogen-bond acceptors (Lipinski definition) is 8. The van der Waals surface area contributed by atoms with Gasteiger partial charge in [-0.3, -0.25) is 14.0 Å². The highest BCUT2D eigenvalue weighted by molar-refractivity contribution is 6.04. The molecule has 0 unspecified atom stereocenters. The molecule has 11 heteroatoms. The number of amides is 2. The molecule has 0 spiro atoms. The fourth-order valence-electron chi connectivity index (χ4n) is 5.41. The average Bonchev–Trinajstić information content (AvgIpc) is 3.37. The second-order valence-corrected chi connectivity index (χ2v) is 10.6. The number of fused-ring (bicyclic) bond motifs is 1. The number of likely N-dealkylation sites (tertiary alicyclic amines) is 1. The Morgan fingerprint density at radius 3 is 2.62 bits per heavy atom. The van der Waals surface area contributed by atoms with E-state index < -0.39 is 5.41 Å². The molecule has 1 aromatic carbocycles. The van der Waals surface area contributed by atoms with Crippen LogP contribution in [0.5, 0.6) is 5.75 Å². The number of piperidine rings is 1. The highest BCUT2D eigenvalue weighted by Crippen LogP contribution is 2.36. The molecule has 2 saturated heterocycles. The number of nitrogen functional groups attached to an aromatic ring is 1. The minimum Gasteiger partial charge on any atom is -0.495 e. The first-order chi connectivity index (χ1) is 19.4. The molecular formula is C29H31N7O4. The van der Waals surface area contributed by atoms with Crippen molar-refractivity contribution in [3.63, 3.8) is 0 Å². The summed E-state index contributed by atoms with van der Waals surface area (Å²) in [6.07, 6.45) is 6.88. The summed E-state index contributed by atoms with van der Waals surface area (Å²) in [5.41, 5.74) is 8.60. The number of rotatable bonds is 6. The van der Waals surface area contributed by atoms with E-state index in [-0.39, 0.29) is 17.7 Å². The van der Waals surface area contributed by atoms with Crippen LogP contribution in [-0.4, -0.2) is 69.5 Å². The minimum absolute atomic E-state index is 0.0485. The van der Waals surface area contributed by atoms with Crippen LogP contribution in [0.3, 0.4) is 0 Å². The number of nitrogens with zero attached hydrogens (tertiary/aromatic N) is 5. The van der Waals surface area contributed by atoms with Crippen LogP contribution in [0.4, 0.5) is 11.6 Å². The Kier molecular flexibility index (Phi) is 6.59. The van der Waals surface area contributed by atoms with Gasteiger partial charge in [-0.2, -0.15) is 0 Å². The molecule has 6 rings (SSSR count). The van der Waals surface area contributed by atoms with Crippen molar-refractivity contribution in [2.24, 2.45) is 5.41 Å². The van der Waals surface area contributed by atoms with Gasteiger partial charge in [-0.1, -0.05) is 12.1 Å². The lowest BCUT2D eigenvalue weighted by molar-refractivity contribution is -0.169. The zero-order chi connectivity index (χ0) is 27.9. The maximum atomic E-state index is 13.2. The molecule has 40 heavy (non-hydrogen) atoms. The Morgan fingerprint density at radius 2 is 1.95 bits per heavy atom. The Morgan fingerprint density at radius 1 is 1.15 bits per heavy atom. The van der Waals surface area contributed by atoms with E-state index in [0.29, 0.717) is 53.9 Å². The summed E-state index contributed by atoms with van der Waals surface area (Å²) >= 11 is 0. The highest BCUT2D eigenvalue weighted by atomic mass is 16.5. The second-order valence-electron chi connectivity index (χ2n) is 10.6. The van der Waals surface area contributed by atoms with Crippen molar-refractivity contribution in [2.45, 2.75) is 25.7 Å². The molecule has 0 bridgehead atoms. The lowest BCUT2D eigenvalue weighted by Crippen LogP contribution is -2.55. The van der Waals surface area contributed by atoms with Gasteiger partial charge in [0.2, 0.25) is 5.91 Å². The van der Waals surface area contributed by atoms with Gasteiger partial charge in [0, 0.05) is 42.5 Å². The fourth-order valence-corrected chi connectivity index (χ4v) is 5.41. The number of imidazole rings is 1. The number of hydrogen-bond donors (Lipinski definition) is 2. The van der Waals surface area contributed by atoms with E-state index in [1.807, 2.05) is 34.6 Å². The number of pyridine rings is 1. The van der Waals surface area contributed by atoms with Gasteiger partial charge < -0.3 is 25.4 Å². The van der Waals surface area contributed by atoms with Crippen molar-refractivity contribution < 1.29 is 19.1 Å². The molecule has 4 aromatic rings. The zero-order valence-electron chi connectivity index (χ0n) is 22.5. The van der Waals surface area contributed by atoms with E-state index in [1.54, 1.807) is 43.8 Å². The molecule has 206 valence electrons. The fraction of sp³-hybridized carbons (Fsp3) is 0.345. The summed E-state index contributed by atoms with van der Waals surface area (Å²) in [5.74, 6) is 2.16. The van der Waals surface area contributed by atoms with E-state index in [0.717, 1.165) is 30.8 Å². The van der Waals surface area contributed by atoms with Crippen LogP contribution in [0.2, 0.25) is 0 Å². The molecule has 0 saturated carbocycles. The van der Waals surface area contributed by atoms with Crippen LogP contribution < -0.4 is 15.8 Å². The summed E-state index contributed by atoms with van der Waals surface area (Å²) < 4.78 is 12.4. The average molecular weight is 542 g/mol. The Bertz CT molecular complexity index is 1560. The molecule has 1 atom stereocenters. The van der Waals surface area contributed by atoms with Crippen LogP contribution in [0.25, 0.3) is 16.8 Å². The van der Waals surface area contributed by atoms with Gasteiger partial charge in [-0.25, -0.2) is 15.0 Å². The maximum absolute atomic E-state index is 13.2. The third-order valence-electron chi connectivity index (χ3n) is 7.68. The topological polar surface area (TPSA) is 137 Å². The van der Waals surface area contributed by atoms with Crippen molar-refractivity contribution in [3.05, 3.63) is 66.4 Å². The Balaban J connectivity index is 1.26. The number of carbonyl (C=O) groups is 2. The predicted molar refractivity (Wildman–Crippen MR) is 149 cm³/mol. The SMILES string of the molecule is COc1ccc(NC(=O)c2ccc(-c3nc([C@@H]4CCCN(C(=O)C5(C)COC5)C4)n4ccnc(N)c34)cc2)nc1. The van der Waals surface area contributed by atoms with Crippen molar-refractivity contribution in [2.75, 3.05) is 44.5 Å². The first-order valence-electron chi connectivity index (χ1n) is 13.3. The normalized spacial score (nSPS) is 18.2. The van der Waals surface area contributed by atoms with Crippen molar-refractivity contribution in [1.82, 2.24) is 24.3 Å². The van der Waals surface area contributed by atoms with Crippen molar-refractivity contribution >= 4 is 29.0 Å². The van der Waals surface area contributed by atoms with Crippen LogP contribution in [-0.2, 0) is 9.53 Å². The van der Waals surface area contributed by atoms with Gasteiger partial charge in [0.1, 0.15) is 34.4 Å². The molecule has 2 fully saturated rings. The van der Waals surface area contributed by atoms with Gasteiger partial charge in [0.05, 0.1) is 31.9 Å². The molecule has 11 nitrogen and oxygen atoms in total. The number of benzene rings is 1. The van der Waals surface area contributed by atoms with Gasteiger partial charge >= 0.3 is 0 Å². The molecule has 2 aliphatic rings. The monoisotopic (exact) mass is 541 g/mol. The minimum atomic E-state index is -0.437. The van der Waals surface area contributed by atoms with Gasteiger partial charge in [0.25, 0.3) is 5.91 Å². The summed E-state index contributed by atoms with van der Waals surface area (Å²) in [7, 11) is 1.56. The third kappa shape index (κ3) is 4.62. The number of anilines is 2. The maximum Gasteiger partial charge on any atom is 0.256 e. The number of aromatic nitrogens is 4. The van der Waals surface area contributed by atoms with E-state index in [4.69, 9.17) is 20.2 Å². The summed E-state index contributed by atoms with van der Waals surface area (Å²) in [5, 5.41) is 2.79. The quantitative estimate of drug-likeness (QED) is 0.379. The number of ether oxygens (including phenoxy) is 2. The zero-order valence-corrected chi connectivity index (χ0v) is 22.5. The molecular weight excluding hydrogens is 510 g/mol. The molecule has 5 heterocycles. The number of methoxy groups -OCH3 is 1. The van der Waals surface area contributed by atoms with E-state index in [1.165, 1.54) is 0 Å². The van der Waals surface area contributed by atoms with Crippen LogP contribution in [0.1, 0.15) is 41.9 Å². The number of nitrogens with two attached hydrogens (primary N) is 1. The van der Waals surface area contributed by atoms with E-state index >= 15 is 0 Å². The highest BCUT2D eigenvalue weighted by Gasteiger charge is 2.44. The van der Waals surface area contributed by atoms with E-state index in [9.17, 15) is 9.59 Å². The molecule has 0 radical (unpaired) electrons. The lowest BCUT2D eigenvalue weighted by Gasteiger charge is -2.42.